The number of aliphatic hydroxyl groups excluding tert-OH is 1. The first-order valence-electron chi connectivity index (χ1n) is 13.1. The number of ketones is 2. The molecule has 0 heterocycles. The molecule has 35 heavy (non-hydrogen) atoms. The Hall–Kier alpha value is -1.47. The van der Waals surface area contributed by atoms with Crippen LogP contribution in [0.3, 0.4) is 0 Å². The first-order valence-corrected chi connectivity index (χ1v) is 14.2. The Morgan fingerprint density at radius 3 is 2.63 bits per heavy atom. The van der Waals surface area contributed by atoms with Crippen molar-refractivity contribution in [2.24, 2.45) is 28.6 Å². The van der Waals surface area contributed by atoms with Gasteiger partial charge in [0.25, 0.3) is 0 Å². The number of carbonyl (C=O) groups excluding carboxylic acids is 3. The number of thioether (sulfide) groups is 1. The monoisotopic (exact) mass is 506 g/mol. The first kappa shape index (κ1) is 26.6. The van der Waals surface area contributed by atoms with Crippen LogP contribution in [0, 0.1) is 28.6 Å². The molecule has 0 aliphatic heterocycles. The number of ether oxygens (including phenoxy) is 1. The number of hydrogen-bond donors (Lipinski definition) is 1. The molecule has 4 aliphatic rings. The largest absolute Gasteiger partial charge is 0.450 e. The minimum atomic E-state index is -1.97. The van der Waals surface area contributed by atoms with Crippen molar-refractivity contribution in [1.82, 2.24) is 0 Å². The van der Waals surface area contributed by atoms with Gasteiger partial charge in [-0.1, -0.05) is 39.3 Å². The van der Waals surface area contributed by atoms with Gasteiger partial charge in [-0.3, -0.25) is 14.4 Å². The molecular formula is C28H39FO5S. The molecule has 1 N–H and O–H groups in total. The van der Waals surface area contributed by atoms with E-state index in [0.717, 1.165) is 17.7 Å². The van der Waals surface area contributed by atoms with E-state index in [1.54, 1.807) is 19.9 Å². The minimum Gasteiger partial charge on any atom is -0.450 e. The molecule has 0 aromatic heterocycles. The summed E-state index contributed by atoms with van der Waals surface area (Å²) in [4.78, 5) is 38.7. The molecule has 0 amide bonds. The van der Waals surface area contributed by atoms with E-state index in [4.69, 9.17) is 4.74 Å². The van der Waals surface area contributed by atoms with E-state index >= 15 is 4.39 Å². The second-order valence-electron chi connectivity index (χ2n) is 11.4. The molecule has 0 aromatic rings. The van der Waals surface area contributed by atoms with E-state index in [9.17, 15) is 19.5 Å². The lowest BCUT2D eigenvalue weighted by molar-refractivity contribution is -0.226. The molecule has 194 valence electrons. The van der Waals surface area contributed by atoms with Gasteiger partial charge in [0.1, 0.15) is 0 Å². The summed E-state index contributed by atoms with van der Waals surface area (Å²) in [5.74, 6) is -0.690. The second kappa shape index (κ2) is 9.13. The topological polar surface area (TPSA) is 80.7 Å². The van der Waals surface area contributed by atoms with Crippen LogP contribution in [0.5, 0.6) is 0 Å². The number of rotatable bonds is 7. The van der Waals surface area contributed by atoms with Crippen molar-refractivity contribution < 1.29 is 28.6 Å². The molecular weight excluding hydrogens is 467 g/mol. The van der Waals surface area contributed by atoms with Crippen LogP contribution in [-0.2, 0) is 19.1 Å². The van der Waals surface area contributed by atoms with E-state index in [2.05, 4.69) is 6.92 Å². The van der Waals surface area contributed by atoms with Gasteiger partial charge >= 0.3 is 5.97 Å². The number of aliphatic hydroxyl groups is 1. The highest BCUT2D eigenvalue weighted by Gasteiger charge is 2.77. The highest BCUT2D eigenvalue weighted by atomic mass is 32.2. The summed E-state index contributed by atoms with van der Waals surface area (Å²) in [6.07, 6.45) is 5.93. The summed E-state index contributed by atoms with van der Waals surface area (Å²) in [5, 5.41) is 11.6. The van der Waals surface area contributed by atoms with Crippen molar-refractivity contribution >= 4 is 29.3 Å². The Labute approximate surface area is 212 Å². The maximum Gasteiger partial charge on any atom is 0.306 e. The Morgan fingerprint density at radius 2 is 1.97 bits per heavy atom. The molecule has 4 rings (SSSR count). The molecule has 7 heteroatoms. The van der Waals surface area contributed by atoms with Crippen molar-refractivity contribution in [2.45, 2.75) is 90.5 Å². The van der Waals surface area contributed by atoms with Gasteiger partial charge in [-0.15, -0.1) is 0 Å². The normalized spacial score (nSPS) is 44.2. The lowest BCUT2D eigenvalue weighted by Gasteiger charge is -2.62. The average Bonchev–Trinajstić information content (AvgIpc) is 3.02. The van der Waals surface area contributed by atoms with Gasteiger partial charge in [0.15, 0.2) is 22.8 Å². The summed E-state index contributed by atoms with van der Waals surface area (Å²) in [6, 6.07) is 0. The van der Waals surface area contributed by atoms with E-state index in [-0.39, 0.29) is 42.0 Å². The van der Waals surface area contributed by atoms with Crippen LogP contribution in [-0.4, -0.2) is 51.5 Å². The number of hydrogen-bond acceptors (Lipinski definition) is 6. The number of halogens is 1. The smallest absolute Gasteiger partial charge is 0.306 e. The average molecular weight is 507 g/mol. The third-order valence-electron chi connectivity index (χ3n) is 9.74. The number of esters is 1. The van der Waals surface area contributed by atoms with Crippen molar-refractivity contribution in [2.75, 3.05) is 11.5 Å². The summed E-state index contributed by atoms with van der Waals surface area (Å²) in [6.45, 7) is 9.42. The number of fused-ring (bicyclic) bond motifs is 5. The van der Waals surface area contributed by atoms with Crippen molar-refractivity contribution in [3.63, 3.8) is 0 Å². The van der Waals surface area contributed by atoms with E-state index in [1.807, 2.05) is 13.8 Å². The quantitative estimate of drug-likeness (QED) is 0.386. The van der Waals surface area contributed by atoms with Crippen LogP contribution < -0.4 is 0 Å². The molecule has 0 saturated heterocycles. The van der Waals surface area contributed by atoms with E-state index in [1.165, 1.54) is 23.9 Å². The van der Waals surface area contributed by atoms with Crippen molar-refractivity contribution in [3.8, 4) is 0 Å². The summed E-state index contributed by atoms with van der Waals surface area (Å²) < 4.78 is 23.5. The minimum absolute atomic E-state index is 0.0286. The predicted molar refractivity (Wildman–Crippen MR) is 135 cm³/mol. The highest BCUT2D eigenvalue weighted by Crippen LogP contribution is 2.71. The summed E-state index contributed by atoms with van der Waals surface area (Å²) in [5.41, 5.74) is -4.59. The van der Waals surface area contributed by atoms with Gasteiger partial charge in [0, 0.05) is 29.1 Å². The molecule has 0 aromatic carbocycles. The van der Waals surface area contributed by atoms with Crippen LogP contribution in [0.1, 0.15) is 73.1 Å². The Kier molecular flexibility index (Phi) is 6.93. The lowest BCUT2D eigenvalue weighted by atomic mass is 9.44. The van der Waals surface area contributed by atoms with Gasteiger partial charge in [0.05, 0.1) is 11.9 Å². The van der Waals surface area contributed by atoms with Crippen LogP contribution in [0.15, 0.2) is 23.8 Å². The predicted octanol–water partition coefficient (Wildman–Crippen LogP) is 5.01. The molecule has 0 spiro atoms. The van der Waals surface area contributed by atoms with Gasteiger partial charge in [-0.05, 0) is 62.9 Å². The molecule has 3 saturated carbocycles. The van der Waals surface area contributed by atoms with Gasteiger partial charge in [0.2, 0.25) is 0 Å². The Morgan fingerprint density at radius 1 is 1.26 bits per heavy atom. The lowest BCUT2D eigenvalue weighted by Crippen LogP contribution is -2.70. The fourth-order valence-electron chi connectivity index (χ4n) is 8.07. The zero-order chi connectivity index (χ0) is 25.8. The Balaban J connectivity index is 1.80. The maximum atomic E-state index is 17.4. The fourth-order valence-corrected chi connectivity index (χ4v) is 8.90. The highest BCUT2D eigenvalue weighted by molar-refractivity contribution is 7.99. The van der Waals surface area contributed by atoms with Crippen molar-refractivity contribution in [3.05, 3.63) is 23.8 Å². The molecule has 8 atom stereocenters. The Bertz CT molecular complexity index is 976. The van der Waals surface area contributed by atoms with Gasteiger partial charge in [-0.25, -0.2) is 4.39 Å². The zero-order valence-electron chi connectivity index (χ0n) is 21.6. The maximum absolute atomic E-state index is 17.4. The third kappa shape index (κ3) is 3.54. The van der Waals surface area contributed by atoms with E-state index in [0.29, 0.717) is 19.3 Å². The fraction of sp³-hybridized carbons (Fsp3) is 0.750. The molecule has 3 fully saturated rings. The standard InChI is InChI=1S/C28H39FO5S/c1-6-12-35-16-23(32)28(34-24(33)7-2)17(3)13-21-20-9-8-18-14-19(30)10-11-25(18,4)27(20,29)22(31)15-26(21,28)5/h10-11,14,17,20-22,31H,6-9,12-13,15-16H2,1-5H3/t17-,20-,21-,22-,25-,26-,27-,28-/m0/s1. The molecule has 4 aliphatic carbocycles. The van der Waals surface area contributed by atoms with Gasteiger partial charge in [-0.2, -0.15) is 11.8 Å². The zero-order valence-corrected chi connectivity index (χ0v) is 22.4. The second-order valence-corrected chi connectivity index (χ2v) is 12.5. The van der Waals surface area contributed by atoms with Gasteiger partial charge < -0.3 is 9.84 Å². The number of carbonyl (C=O) groups is 3. The van der Waals surface area contributed by atoms with Crippen LogP contribution in [0.25, 0.3) is 0 Å². The first-order chi connectivity index (χ1) is 16.4. The van der Waals surface area contributed by atoms with Crippen molar-refractivity contribution in [1.29, 1.82) is 0 Å². The number of Topliss-reactive ketones (excluding diaryl/α,β-unsaturated/α-hetero) is 1. The third-order valence-corrected chi connectivity index (χ3v) is 10.9. The molecule has 0 radical (unpaired) electrons. The number of alkyl halides is 1. The molecule has 0 bridgehead atoms. The van der Waals surface area contributed by atoms with E-state index < -0.39 is 40.1 Å². The summed E-state index contributed by atoms with van der Waals surface area (Å²) >= 11 is 1.53. The molecule has 5 nitrogen and oxygen atoms in total. The number of allylic oxidation sites excluding steroid dienone is 4. The van der Waals surface area contributed by atoms with Crippen LogP contribution in [0.2, 0.25) is 0 Å². The van der Waals surface area contributed by atoms with Crippen LogP contribution >= 0.6 is 11.8 Å². The molecule has 0 unspecified atom stereocenters. The van der Waals surface area contributed by atoms with Crippen LogP contribution in [0.4, 0.5) is 4.39 Å². The summed E-state index contributed by atoms with van der Waals surface area (Å²) in [7, 11) is 0. The SMILES string of the molecule is CCCSCC(=O)[C@@]1(OC(=O)CC)[C@@H](C)C[C@H]2[C@@H]3CCC4=CC(=O)C=C[C@]4(C)[C@@]3(F)[C@@H](O)C[C@@]21C.